The molecule has 0 aromatic carbocycles. The Kier molecular flexibility index (Phi) is 3.41. The SMILES string of the molecule is CC(C)(NC(=O)[C@H]1[C@@H]2CNC[C@@H]21)c1nc(C(F)(F)F)c2ccccn12. The third-order valence-corrected chi connectivity index (χ3v) is 5.21. The minimum absolute atomic E-state index is 0.0141. The van der Waals surface area contributed by atoms with Gasteiger partial charge in [0.1, 0.15) is 5.82 Å². The zero-order valence-corrected chi connectivity index (χ0v) is 13.9. The first-order valence-electron chi connectivity index (χ1n) is 8.27. The van der Waals surface area contributed by atoms with Crippen molar-refractivity contribution >= 4 is 11.4 Å². The summed E-state index contributed by atoms with van der Waals surface area (Å²) in [5, 5.41) is 6.13. The molecular weight excluding hydrogens is 333 g/mol. The Balaban J connectivity index is 1.67. The fourth-order valence-corrected chi connectivity index (χ4v) is 3.94. The second-order valence-electron chi connectivity index (χ2n) is 7.36. The average Bonchev–Trinajstić information content (AvgIpc) is 2.87. The van der Waals surface area contributed by atoms with Gasteiger partial charge in [-0.05, 0) is 50.9 Å². The fourth-order valence-electron chi connectivity index (χ4n) is 3.94. The lowest BCUT2D eigenvalue weighted by atomic mass is 10.0. The van der Waals surface area contributed by atoms with Crippen LogP contribution in [0.5, 0.6) is 0 Å². The van der Waals surface area contributed by atoms with Crippen molar-refractivity contribution in [2.24, 2.45) is 17.8 Å². The summed E-state index contributed by atoms with van der Waals surface area (Å²) in [7, 11) is 0. The lowest BCUT2D eigenvalue weighted by molar-refractivity contribution is -0.139. The highest BCUT2D eigenvalue weighted by Crippen LogP contribution is 2.49. The van der Waals surface area contributed by atoms with Crippen molar-refractivity contribution in [2.45, 2.75) is 25.6 Å². The van der Waals surface area contributed by atoms with Gasteiger partial charge in [0.25, 0.3) is 0 Å². The van der Waals surface area contributed by atoms with Crippen molar-refractivity contribution in [1.29, 1.82) is 0 Å². The maximum Gasteiger partial charge on any atom is 0.435 e. The zero-order valence-electron chi connectivity index (χ0n) is 13.9. The highest BCUT2D eigenvalue weighted by Gasteiger charge is 2.57. The van der Waals surface area contributed by atoms with Gasteiger partial charge in [-0.3, -0.25) is 4.79 Å². The summed E-state index contributed by atoms with van der Waals surface area (Å²) >= 11 is 0. The van der Waals surface area contributed by atoms with Crippen molar-refractivity contribution in [1.82, 2.24) is 20.0 Å². The molecule has 25 heavy (non-hydrogen) atoms. The molecule has 4 rings (SSSR count). The molecule has 2 fully saturated rings. The predicted octanol–water partition coefficient (Wildman–Crippen LogP) is 2.17. The Bertz CT molecular complexity index is 832. The Morgan fingerprint density at radius 2 is 1.96 bits per heavy atom. The van der Waals surface area contributed by atoms with Gasteiger partial charge >= 0.3 is 6.18 Å². The van der Waals surface area contributed by atoms with Crippen molar-refractivity contribution in [2.75, 3.05) is 13.1 Å². The van der Waals surface area contributed by atoms with E-state index in [1.807, 2.05) is 0 Å². The number of imidazole rings is 1. The average molecular weight is 352 g/mol. The lowest BCUT2D eigenvalue weighted by Gasteiger charge is -2.25. The van der Waals surface area contributed by atoms with Crippen LogP contribution in [-0.2, 0) is 16.5 Å². The minimum atomic E-state index is -4.55. The summed E-state index contributed by atoms with van der Waals surface area (Å²) in [6, 6.07) is 4.57. The molecule has 5 nitrogen and oxygen atoms in total. The number of pyridine rings is 1. The van der Waals surface area contributed by atoms with E-state index >= 15 is 0 Å². The maximum absolute atomic E-state index is 13.3. The Morgan fingerprint density at radius 1 is 1.28 bits per heavy atom. The van der Waals surface area contributed by atoms with Gasteiger partial charge in [0.05, 0.1) is 11.1 Å². The molecule has 0 spiro atoms. The van der Waals surface area contributed by atoms with Crippen LogP contribution in [0.2, 0.25) is 0 Å². The van der Waals surface area contributed by atoms with Crippen LogP contribution in [-0.4, -0.2) is 28.4 Å². The molecule has 2 aromatic rings. The van der Waals surface area contributed by atoms with Crippen LogP contribution in [0.25, 0.3) is 5.52 Å². The zero-order chi connectivity index (χ0) is 18.0. The van der Waals surface area contributed by atoms with Crippen molar-refractivity contribution in [3.8, 4) is 0 Å². The molecule has 1 saturated heterocycles. The predicted molar refractivity (Wildman–Crippen MR) is 84.7 cm³/mol. The van der Waals surface area contributed by atoms with Gasteiger partial charge in [0, 0.05) is 12.1 Å². The molecule has 0 unspecified atom stereocenters. The number of amides is 1. The van der Waals surface area contributed by atoms with Crippen LogP contribution in [0, 0.1) is 17.8 Å². The molecule has 3 heterocycles. The monoisotopic (exact) mass is 352 g/mol. The van der Waals surface area contributed by atoms with Crippen molar-refractivity contribution in [3.05, 3.63) is 35.9 Å². The highest BCUT2D eigenvalue weighted by molar-refractivity contribution is 5.83. The summed E-state index contributed by atoms with van der Waals surface area (Å²) in [5.74, 6) is 0.710. The van der Waals surface area contributed by atoms with Crippen molar-refractivity contribution < 1.29 is 18.0 Å². The third-order valence-electron chi connectivity index (χ3n) is 5.21. The standard InChI is InChI=1S/C17H19F3N4O/c1-16(2,23-14(25)12-9-7-21-8-10(9)12)15-22-13(17(18,19)20)11-5-3-4-6-24(11)15/h3-6,9-10,12,21H,7-8H2,1-2H3,(H,23,25)/t9-,10+,12+. The number of rotatable bonds is 3. The topological polar surface area (TPSA) is 58.4 Å². The second-order valence-corrected chi connectivity index (χ2v) is 7.36. The van der Waals surface area contributed by atoms with E-state index in [-0.39, 0.29) is 23.2 Å². The van der Waals surface area contributed by atoms with Crippen molar-refractivity contribution in [3.63, 3.8) is 0 Å². The van der Waals surface area contributed by atoms with Crippen LogP contribution in [0.15, 0.2) is 24.4 Å². The summed E-state index contributed by atoms with van der Waals surface area (Å²) < 4.78 is 41.3. The van der Waals surface area contributed by atoms with Gasteiger partial charge < -0.3 is 15.0 Å². The molecule has 0 radical (unpaired) electrons. The number of hydrogen-bond acceptors (Lipinski definition) is 3. The number of alkyl halides is 3. The smallest absolute Gasteiger partial charge is 0.344 e. The number of hydrogen-bond donors (Lipinski definition) is 2. The number of carbonyl (C=O) groups is 1. The summed E-state index contributed by atoms with van der Waals surface area (Å²) in [5.41, 5.74) is -1.97. The summed E-state index contributed by atoms with van der Waals surface area (Å²) in [6.07, 6.45) is -3.01. The van der Waals surface area contributed by atoms with E-state index in [0.717, 1.165) is 13.1 Å². The first kappa shape index (κ1) is 16.4. The van der Waals surface area contributed by atoms with Gasteiger partial charge in [0.2, 0.25) is 5.91 Å². The van der Waals surface area contributed by atoms with Gasteiger partial charge in [-0.25, -0.2) is 4.98 Å². The van der Waals surface area contributed by atoms with Gasteiger partial charge in [-0.2, -0.15) is 13.2 Å². The minimum Gasteiger partial charge on any atom is -0.344 e. The number of aromatic nitrogens is 2. The molecule has 1 aliphatic heterocycles. The molecule has 1 aliphatic carbocycles. The first-order chi connectivity index (χ1) is 11.7. The van der Waals surface area contributed by atoms with E-state index in [4.69, 9.17) is 0 Å². The maximum atomic E-state index is 13.3. The molecule has 1 saturated carbocycles. The molecule has 8 heteroatoms. The van der Waals surface area contributed by atoms with Crippen LogP contribution in [0.3, 0.4) is 0 Å². The Labute approximate surface area is 142 Å². The van der Waals surface area contributed by atoms with Crippen LogP contribution in [0.4, 0.5) is 13.2 Å². The molecular formula is C17H19F3N4O. The molecule has 2 N–H and O–H groups in total. The number of fused-ring (bicyclic) bond motifs is 2. The lowest BCUT2D eigenvalue weighted by Crippen LogP contribution is -2.44. The second kappa shape index (κ2) is 5.20. The van der Waals surface area contributed by atoms with Gasteiger partial charge in [0.15, 0.2) is 5.69 Å². The fraction of sp³-hybridized carbons (Fsp3) is 0.529. The number of piperidine rings is 1. The van der Waals surface area contributed by atoms with E-state index in [1.54, 1.807) is 26.0 Å². The van der Waals surface area contributed by atoms with E-state index < -0.39 is 17.4 Å². The Morgan fingerprint density at radius 3 is 2.60 bits per heavy atom. The van der Waals surface area contributed by atoms with E-state index in [1.165, 1.54) is 16.7 Å². The third kappa shape index (κ3) is 2.59. The number of carbonyl (C=O) groups excluding carboxylic acids is 1. The molecule has 3 atom stereocenters. The van der Waals surface area contributed by atoms with E-state index in [9.17, 15) is 18.0 Å². The van der Waals surface area contributed by atoms with E-state index in [2.05, 4.69) is 15.6 Å². The molecule has 134 valence electrons. The van der Waals surface area contributed by atoms with Gasteiger partial charge in [-0.15, -0.1) is 0 Å². The number of nitrogens with zero attached hydrogens (tertiary/aromatic N) is 2. The van der Waals surface area contributed by atoms with Gasteiger partial charge in [-0.1, -0.05) is 6.07 Å². The molecule has 0 bridgehead atoms. The normalized spacial score (nSPS) is 25.9. The molecule has 1 amide bonds. The Hall–Kier alpha value is -2.09. The number of nitrogens with one attached hydrogen (secondary N) is 2. The summed E-state index contributed by atoms with van der Waals surface area (Å²) in [6.45, 7) is 5.02. The summed E-state index contributed by atoms with van der Waals surface area (Å²) in [4.78, 5) is 16.4. The first-order valence-corrected chi connectivity index (χ1v) is 8.27. The molecule has 2 aliphatic rings. The van der Waals surface area contributed by atoms with Crippen LogP contribution >= 0.6 is 0 Å². The molecule has 2 aromatic heterocycles. The van der Waals surface area contributed by atoms with E-state index in [0.29, 0.717) is 11.8 Å². The van der Waals surface area contributed by atoms with Crippen LogP contribution < -0.4 is 10.6 Å². The highest BCUT2D eigenvalue weighted by atomic mass is 19.4. The quantitative estimate of drug-likeness (QED) is 0.890. The van der Waals surface area contributed by atoms with Crippen LogP contribution in [0.1, 0.15) is 25.4 Å². The number of halogens is 3. The largest absolute Gasteiger partial charge is 0.435 e.